The average Bonchev–Trinajstić information content (AvgIpc) is 3.09. The van der Waals surface area contributed by atoms with Gasteiger partial charge in [-0.1, -0.05) is 36.0 Å². The lowest BCUT2D eigenvalue weighted by Crippen LogP contribution is -2.03. The predicted octanol–water partition coefficient (Wildman–Crippen LogP) is 3.56. The van der Waals surface area contributed by atoms with Crippen LogP contribution in [-0.2, 0) is 5.75 Å². The van der Waals surface area contributed by atoms with E-state index < -0.39 is 6.61 Å². The third-order valence-corrected chi connectivity index (χ3v) is 4.24. The van der Waals surface area contributed by atoms with E-state index in [-0.39, 0.29) is 11.5 Å². The first-order chi connectivity index (χ1) is 12.2. The predicted molar refractivity (Wildman–Crippen MR) is 88.3 cm³/mol. The summed E-state index contributed by atoms with van der Waals surface area (Å²) in [6.07, 6.45) is 0. The Labute approximate surface area is 146 Å². The van der Waals surface area contributed by atoms with Crippen LogP contribution in [0.4, 0.5) is 8.78 Å². The SMILES string of the molecule is COc1cc(CSc2nnnn2-c2ccccc2)ccc1OC(F)F. The molecule has 0 atom stereocenters. The number of para-hydroxylation sites is 1. The van der Waals surface area contributed by atoms with Gasteiger partial charge in [-0.25, -0.2) is 0 Å². The fourth-order valence-electron chi connectivity index (χ4n) is 2.14. The molecule has 0 spiro atoms. The quantitative estimate of drug-likeness (QED) is 0.598. The minimum Gasteiger partial charge on any atom is -0.493 e. The Balaban J connectivity index is 1.73. The molecule has 0 aliphatic heterocycles. The van der Waals surface area contributed by atoms with E-state index in [1.54, 1.807) is 16.8 Å². The van der Waals surface area contributed by atoms with E-state index in [2.05, 4.69) is 20.3 Å². The smallest absolute Gasteiger partial charge is 0.387 e. The van der Waals surface area contributed by atoms with Crippen molar-refractivity contribution in [3.05, 3.63) is 54.1 Å². The minimum absolute atomic E-state index is 0.000342. The highest BCUT2D eigenvalue weighted by molar-refractivity contribution is 7.98. The Hall–Kier alpha value is -2.68. The van der Waals surface area contributed by atoms with E-state index in [0.29, 0.717) is 10.9 Å². The van der Waals surface area contributed by atoms with Crippen LogP contribution < -0.4 is 9.47 Å². The number of nitrogens with zero attached hydrogens (tertiary/aromatic N) is 4. The Bertz CT molecular complexity index is 830. The second kappa shape index (κ2) is 7.93. The molecule has 0 saturated carbocycles. The molecule has 3 aromatic rings. The summed E-state index contributed by atoms with van der Waals surface area (Å²) >= 11 is 1.42. The van der Waals surface area contributed by atoms with Gasteiger partial charge in [0.1, 0.15) is 0 Å². The molecular weight excluding hydrogens is 350 g/mol. The van der Waals surface area contributed by atoms with Gasteiger partial charge < -0.3 is 9.47 Å². The van der Waals surface area contributed by atoms with Gasteiger partial charge in [0.15, 0.2) is 11.5 Å². The molecule has 3 rings (SSSR count). The van der Waals surface area contributed by atoms with Gasteiger partial charge in [-0.05, 0) is 40.3 Å². The van der Waals surface area contributed by atoms with E-state index in [4.69, 9.17) is 4.74 Å². The van der Waals surface area contributed by atoms with Crippen molar-refractivity contribution in [1.82, 2.24) is 20.2 Å². The molecule has 9 heteroatoms. The van der Waals surface area contributed by atoms with Crippen molar-refractivity contribution in [3.8, 4) is 17.2 Å². The molecular formula is C16H14F2N4O2S. The molecule has 1 heterocycles. The van der Waals surface area contributed by atoms with Crippen LogP contribution >= 0.6 is 11.8 Å². The van der Waals surface area contributed by atoms with Crippen LogP contribution in [0.25, 0.3) is 5.69 Å². The molecule has 0 N–H and O–H groups in total. The number of benzene rings is 2. The molecule has 0 amide bonds. The molecule has 0 bridgehead atoms. The molecule has 0 fully saturated rings. The standard InChI is InChI=1S/C16H14F2N4O2S/c1-23-14-9-11(7-8-13(14)24-15(17)18)10-25-16-19-20-21-22(16)12-5-3-2-4-6-12/h2-9,15H,10H2,1H3. The van der Waals surface area contributed by atoms with Gasteiger partial charge in [-0.3, -0.25) is 0 Å². The fourth-order valence-corrected chi connectivity index (χ4v) is 2.98. The van der Waals surface area contributed by atoms with Crippen molar-refractivity contribution < 1.29 is 18.3 Å². The second-order valence-electron chi connectivity index (χ2n) is 4.86. The Morgan fingerprint density at radius 1 is 1.12 bits per heavy atom. The number of hydrogen-bond acceptors (Lipinski definition) is 6. The van der Waals surface area contributed by atoms with E-state index in [0.717, 1.165) is 11.3 Å². The molecule has 1 aromatic heterocycles. The number of alkyl halides is 2. The van der Waals surface area contributed by atoms with Gasteiger partial charge in [-0.15, -0.1) is 5.10 Å². The summed E-state index contributed by atoms with van der Waals surface area (Å²) in [5.74, 6) is 0.792. The van der Waals surface area contributed by atoms with Crippen molar-refractivity contribution in [2.45, 2.75) is 17.5 Å². The van der Waals surface area contributed by atoms with Gasteiger partial charge in [0, 0.05) is 5.75 Å². The minimum atomic E-state index is -2.90. The zero-order chi connectivity index (χ0) is 17.6. The highest BCUT2D eigenvalue weighted by atomic mass is 32.2. The molecule has 130 valence electrons. The molecule has 25 heavy (non-hydrogen) atoms. The maximum atomic E-state index is 12.4. The van der Waals surface area contributed by atoms with Gasteiger partial charge in [-0.2, -0.15) is 13.5 Å². The molecule has 0 aliphatic carbocycles. The first-order valence-electron chi connectivity index (χ1n) is 7.25. The monoisotopic (exact) mass is 364 g/mol. The first-order valence-corrected chi connectivity index (χ1v) is 8.24. The van der Waals surface area contributed by atoms with E-state index >= 15 is 0 Å². The number of hydrogen-bond donors (Lipinski definition) is 0. The summed E-state index contributed by atoms with van der Waals surface area (Å²) in [7, 11) is 1.40. The summed E-state index contributed by atoms with van der Waals surface area (Å²) < 4.78 is 35.9. The van der Waals surface area contributed by atoms with Gasteiger partial charge in [0.2, 0.25) is 5.16 Å². The maximum absolute atomic E-state index is 12.4. The number of rotatable bonds is 7. The Kier molecular flexibility index (Phi) is 5.44. The largest absolute Gasteiger partial charge is 0.493 e. The van der Waals surface area contributed by atoms with Gasteiger partial charge >= 0.3 is 6.61 Å². The highest BCUT2D eigenvalue weighted by Gasteiger charge is 2.13. The molecule has 6 nitrogen and oxygen atoms in total. The maximum Gasteiger partial charge on any atom is 0.387 e. The van der Waals surface area contributed by atoms with Gasteiger partial charge in [0.05, 0.1) is 12.8 Å². The van der Waals surface area contributed by atoms with Crippen LogP contribution in [0.5, 0.6) is 11.5 Å². The third-order valence-electron chi connectivity index (χ3n) is 3.25. The summed E-state index contributed by atoms with van der Waals surface area (Å²) in [5, 5.41) is 12.3. The summed E-state index contributed by atoms with van der Waals surface area (Å²) in [6, 6.07) is 14.3. The Morgan fingerprint density at radius 3 is 2.64 bits per heavy atom. The van der Waals surface area contributed by atoms with Gasteiger partial charge in [0.25, 0.3) is 0 Å². The highest BCUT2D eigenvalue weighted by Crippen LogP contribution is 2.31. The third kappa shape index (κ3) is 4.24. The van der Waals surface area contributed by atoms with Crippen LogP contribution in [0.1, 0.15) is 5.56 Å². The molecule has 0 radical (unpaired) electrons. The zero-order valence-electron chi connectivity index (χ0n) is 13.2. The molecule has 0 saturated heterocycles. The molecule has 0 unspecified atom stereocenters. The van der Waals surface area contributed by atoms with E-state index in [1.165, 1.54) is 24.9 Å². The molecule has 2 aromatic carbocycles. The number of methoxy groups -OCH3 is 1. The van der Waals surface area contributed by atoms with Crippen molar-refractivity contribution in [1.29, 1.82) is 0 Å². The van der Waals surface area contributed by atoms with Crippen molar-refractivity contribution >= 4 is 11.8 Å². The fraction of sp³-hybridized carbons (Fsp3) is 0.188. The Morgan fingerprint density at radius 2 is 1.92 bits per heavy atom. The lowest BCUT2D eigenvalue weighted by Gasteiger charge is -2.11. The summed E-state index contributed by atoms with van der Waals surface area (Å²) in [6.45, 7) is -2.90. The lowest BCUT2D eigenvalue weighted by atomic mass is 10.2. The van der Waals surface area contributed by atoms with Crippen LogP contribution in [0, 0.1) is 0 Å². The average molecular weight is 364 g/mol. The van der Waals surface area contributed by atoms with E-state index in [9.17, 15) is 8.78 Å². The van der Waals surface area contributed by atoms with Crippen molar-refractivity contribution in [3.63, 3.8) is 0 Å². The number of ether oxygens (including phenoxy) is 2. The normalized spacial score (nSPS) is 10.9. The number of tetrazole rings is 1. The second-order valence-corrected chi connectivity index (χ2v) is 5.80. The van der Waals surface area contributed by atoms with Crippen molar-refractivity contribution in [2.75, 3.05) is 7.11 Å². The van der Waals surface area contributed by atoms with Crippen molar-refractivity contribution in [2.24, 2.45) is 0 Å². The number of halogens is 2. The first kappa shape index (κ1) is 17.2. The number of aromatic nitrogens is 4. The zero-order valence-corrected chi connectivity index (χ0v) is 14.0. The topological polar surface area (TPSA) is 62.1 Å². The van der Waals surface area contributed by atoms with Crippen LogP contribution in [0.15, 0.2) is 53.7 Å². The molecule has 0 aliphatic rings. The van der Waals surface area contributed by atoms with Crippen LogP contribution in [0.3, 0.4) is 0 Å². The van der Waals surface area contributed by atoms with Crippen LogP contribution in [0.2, 0.25) is 0 Å². The summed E-state index contributed by atoms with van der Waals surface area (Å²) in [4.78, 5) is 0. The lowest BCUT2D eigenvalue weighted by molar-refractivity contribution is -0.0512. The summed E-state index contributed by atoms with van der Waals surface area (Å²) in [5.41, 5.74) is 1.72. The number of thioether (sulfide) groups is 1. The van der Waals surface area contributed by atoms with Crippen LogP contribution in [-0.4, -0.2) is 33.9 Å². The van der Waals surface area contributed by atoms with E-state index in [1.807, 2.05) is 30.3 Å².